The number of rotatable bonds is 6. The first kappa shape index (κ1) is 13.9. The zero-order chi connectivity index (χ0) is 12.8. The van der Waals surface area contributed by atoms with E-state index in [1.54, 1.807) is 0 Å². The molecule has 1 heterocycles. The van der Waals surface area contributed by atoms with Gasteiger partial charge in [-0.2, -0.15) is 0 Å². The molecule has 2 rings (SSSR count). The van der Waals surface area contributed by atoms with Crippen LogP contribution in [-0.4, -0.2) is 19.2 Å². The van der Waals surface area contributed by atoms with Crippen LogP contribution in [-0.2, 0) is 4.74 Å². The van der Waals surface area contributed by atoms with Gasteiger partial charge in [0.15, 0.2) is 0 Å². The fourth-order valence-electron chi connectivity index (χ4n) is 3.59. The van der Waals surface area contributed by atoms with Gasteiger partial charge in [0.1, 0.15) is 5.76 Å². The maximum atomic E-state index is 5.79. The standard InChI is InChI=1S/C16H29NO/c1-3-6-13-8-10-14(11-9-13)16(17-4-2)15-7-5-12-18-15/h7,13-14,16-17H,3-6,8-12H2,1-2H3. The monoisotopic (exact) mass is 251 g/mol. The van der Waals surface area contributed by atoms with Gasteiger partial charge in [-0.15, -0.1) is 0 Å². The molecule has 2 aliphatic rings. The Morgan fingerprint density at radius 1 is 1.28 bits per heavy atom. The lowest BCUT2D eigenvalue weighted by molar-refractivity contribution is 0.161. The Morgan fingerprint density at radius 2 is 2.06 bits per heavy atom. The number of nitrogens with one attached hydrogen (secondary N) is 1. The highest BCUT2D eigenvalue weighted by atomic mass is 16.5. The first-order valence-electron chi connectivity index (χ1n) is 7.91. The molecule has 1 atom stereocenters. The molecular formula is C16H29NO. The second-order valence-corrected chi connectivity index (χ2v) is 5.85. The molecule has 0 bridgehead atoms. The maximum absolute atomic E-state index is 5.79. The van der Waals surface area contributed by atoms with Gasteiger partial charge in [0.05, 0.1) is 12.6 Å². The first-order valence-corrected chi connectivity index (χ1v) is 7.91. The molecule has 104 valence electrons. The average Bonchev–Trinajstić information content (AvgIpc) is 2.91. The van der Waals surface area contributed by atoms with Crippen molar-refractivity contribution >= 4 is 0 Å². The van der Waals surface area contributed by atoms with Gasteiger partial charge >= 0.3 is 0 Å². The average molecular weight is 251 g/mol. The van der Waals surface area contributed by atoms with E-state index < -0.39 is 0 Å². The van der Waals surface area contributed by atoms with Crippen LogP contribution in [0.3, 0.4) is 0 Å². The quantitative estimate of drug-likeness (QED) is 0.773. The van der Waals surface area contributed by atoms with Crippen LogP contribution in [0.5, 0.6) is 0 Å². The number of ether oxygens (including phenoxy) is 1. The van der Waals surface area contributed by atoms with Crippen molar-refractivity contribution < 1.29 is 4.74 Å². The van der Waals surface area contributed by atoms with Gasteiger partial charge in [-0.25, -0.2) is 0 Å². The summed E-state index contributed by atoms with van der Waals surface area (Å²) in [6.07, 6.45) is 11.8. The summed E-state index contributed by atoms with van der Waals surface area (Å²) in [5.41, 5.74) is 0. The fraction of sp³-hybridized carbons (Fsp3) is 0.875. The summed E-state index contributed by atoms with van der Waals surface area (Å²) in [4.78, 5) is 0. The molecule has 1 N–H and O–H groups in total. The van der Waals surface area contributed by atoms with E-state index in [1.165, 1.54) is 44.3 Å². The molecule has 0 saturated heterocycles. The minimum Gasteiger partial charge on any atom is -0.496 e. The van der Waals surface area contributed by atoms with Gasteiger partial charge in [0.25, 0.3) is 0 Å². The molecule has 1 aliphatic heterocycles. The van der Waals surface area contributed by atoms with Crippen molar-refractivity contribution in [2.24, 2.45) is 11.8 Å². The molecule has 1 saturated carbocycles. The number of hydrogen-bond acceptors (Lipinski definition) is 2. The van der Waals surface area contributed by atoms with E-state index in [4.69, 9.17) is 4.74 Å². The van der Waals surface area contributed by atoms with Crippen molar-refractivity contribution in [1.29, 1.82) is 0 Å². The predicted octanol–water partition coefficient (Wildman–Crippen LogP) is 3.88. The van der Waals surface area contributed by atoms with E-state index in [2.05, 4.69) is 25.2 Å². The summed E-state index contributed by atoms with van der Waals surface area (Å²) in [5, 5.41) is 3.65. The van der Waals surface area contributed by atoms with Crippen molar-refractivity contribution in [3.05, 3.63) is 11.8 Å². The van der Waals surface area contributed by atoms with Gasteiger partial charge < -0.3 is 10.1 Å². The SMILES string of the molecule is CCCC1CCC(C(NCC)C2=CCCO2)CC1. The third-order valence-electron chi connectivity index (χ3n) is 4.52. The van der Waals surface area contributed by atoms with Gasteiger partial charge in [-0.05, 0) is 37.3 Å². The highest BCUT2D eigenvalue weighted by Crippen LogP contribution is 2.35. The zero-order valence-electron chi connectivity index (χ0n) is 12.1. The molecule has 0 amide bonds. The Labute approximate surface area is 112 Å². The van der Waals surface area contributed by atoms with Crippen LogP contribution < -0.4 is 5.32 Å². The zero-order valence-corrected chi connectivity index (χ0v) is 12.1. The van der Waals surface area contributed by atoms with Crippen LogP contribution in [0.2, 0.25) is 0 Å². The molecule has 2 nitrogen and oxygen atoms in total. The first-order chi connectivity index (χ1) is 8.85. The highest BCUT2D eigenvalue weighted by Gasteiger charge is 2.30. The molecule has 0 radical (unpaired) electrons. The Kier molecular flexibility index (Phi) is 5.55. The maximum Gasteiger partial charge on any atom is 0.109 e. The van der Waals surface area contributed by atoms with Crippen molar-refractivity contribution in [2.75, 3.05) is 13.2 Å². The Hall–Kier alpha value is -0.500. The fourth-order valence-corrected chi connectivity index (χ4v) is 3.59. The van der Waals surface area contributed by atoms with Crippen molar-refractivity contribution in [1.82, 2.24) is 5.32 Å². The summed E-state index contributed by atoms with van der Waals surface area (Å²) in [7, 11) is 0. The molecule has 0 aromatic heterocycles. The largest absolute Gasteiger partial charge is 0.496 e. The van der Waals surface area contributed by atoms with Gasteiger partial charge in [0, 0.05) is 6.42 Å². The van der Waals surface area contributed by atoms with Crippen molar-refractivity contribution in [3.63, 3.8) is 0 Å². The minimum atomic E-state index is 0.486. The van der Waals surface area contributed by atoms with E-state index in [0.717, 1.165) is 31.4 Å². The van der Waals surface area contributed by atoms with Gasteiger partial charge in [-0.3, -0.25) is 0 Å². The van der Waals surface area contributed by atoms with E-state index in [1.807, 2.05) is 0 Å². The summed E-state index contributed by atoms with van der Waals surface area (Å²) in [5.74, 6) is 3.02. The third-order valence-corrected chi connectivity index (χ3v) is 4.52. The lowest BCUT2D eigenvalue weighted by atomic mass is 9.76. The van der Waals surface area contributed by atoms with Gasteiger partial charge in [-0.1, -0.05) is 39.5 Å². The van der Waals surface area contributed by atoms with E-state index in [-0.39, 0.29) is 0 Å². The van der Waals surface area contributed by atoms with Crippen molar-refractivity contribution in [3.8, 4) is 0 Å². The summed E-state index contributed by atoms with van der Waals surface area (Å²) in [6, 6.07) is 0.486. The van der Waals surface area contributed by atoms with Crippen LogP contribution >= 0.6 is 0 Å². The Morgan fingerprint density at radius 3 is 2.61 bits per heavy atom. The van der Waals surface area contributed by atoms with Crippen LogP contribution in [0.15, 0.2) is 11.8 Å². The molecule has 0 aromatic rings. The molecule has 0 spiro atoms. The second-order valence-electron chi connectivity index (χ2n) is 5.85. The van der Waals surface area contributed by atoms with Crippen LogP contribution in [0.4, 0.5) is 0 Å². The Balaban J connectivity index is 1.88. The Bertz CT molecular complexity index is 266. The molecule has 1 aliphatic carbocycles. The smallest absolute Gasteiger partial charge is 0.109 e. The summed E-state index contributed by atoms with van der Waals surface area (Å²) in [6.45, 7) is 6.44. The number of hydrogen-bond donors (Lipinski definition) is 1. The van der Waals surface area contributed by atoms with Crippen molar-refractivity contribution in [2.45, 2.75) is 64.8 Å². The molecule has 0 aromatic carbocycles. The molecule has 2 heteroatoms. The number of likely N-dealkylation sites (N-methyl/N-ethyl adjacent to an activating group) is 1. The van der Waals surface area contributed by atoms with E-state index in [9.17, 15) is 0 Å². The normalized spacial score (nSPS) is 29.8. The van der Waals surface area contributed by atoms with Crippen LogP contribution in [0, 0.1) is 11.8 Å². The second kappa shape index (κ2) is 7.18. The van der Waals surface area contributed by atoms with E-state index >= 15 is 0 Å². The molecule has 1 unspecified atom stereocenters. The van der Waals surface area contributed by atoms with E-state index in [0.29, 0.717) is 6.04 Å². The lowest BCUT2D eigenvalue weighted by Crippen LogP contribution is -2.39. The summed E-state index contributed by atoms with van der Waals surface area (Å²) >= 11 is 0. The minimum absolute atomic E-state index is 0.486. The molecular weight excluding hydrogens is 222 g/mol. The van der Waals surface area contributed by atoms with Gasteiger partial charge in [0.2, 0.25) is 0 Å². The summed E-state index contributed by atoms with van der Waals surface area (Å²) < 4.78 is 5.79. The lowest BCUT2D eigenvalue weighted by Gasteiger charge is -2.34. The topological polar surface area (TPSA) is 21.3 Å². The van der Waals surface area contributed by atoms with Crippen LogP contribution in [0.1, 0.15) is 58.8 Å². The molecule has 1 fully saturated rings. The predicted molar refractivity (Wildman–Crippen MR) is 76.5 cm³/mol. The molecule has 18 heavy (non-hydrogen) atoms. The third kappa shape index (κ3) is 3.50. The highest BCUT2D eigenvalue weighted by molar-refractivity contribution is 5.09. The van der Waals surface area contributed by atoms with Crippen LogP contribution in [0.25, 0.3) is 0 Å².